The van der Waals surface area contributed by atoms with Crippen LogP contribution < -0.4 is 9.47 Å². The van der Waals surface area contributed by atoms with Crippen molar-refractivity contribution in [2.24, 2.45) is 0 Å². The van der Waals surface area contributed by atoms with Crippen LogP contribution in [0.1, 0.15) is 31.2 Å². The summed E-state index contributed by atoms with van der Waals surface area (Å²) in [5, 5.41) is 0. The predicted molar refractivity (Wildman–Crippen MR) is 129 cm³/mol. The van der Waals surface area contributed by atoms with Gasteiger partial charge >= 0.3 is 0 Å². The summed E-state index contributed by atoms with van der Waals surface area (Å²) in [6.45, 7) is 2.59. The molecule has 1 unspecified atom stereocenters. The summed E-state index contributed by atoms with van der Waals surface area (Å²) in [6, 6.07) is 13.2. The second-order valence-corrected chi connectivity index (χ2v) is 9.23. The molecule has 7 nitrogen and oxygen atoms in total. The smallest absolute Gasteiger partial charge is 0.227 e. The number of amides is 2. The van der Waals surface area contributed by atoms with Gasteiger partial charge in [0.15, 0.2) is 0 Å². The zero-order valence-electron chi connectivity index (χ0n) is 20.2. The minimum atomic E-state index is -0.975. The van der Waals surface area contributed by atoms with Crippen molar-refractivity contribution in [3.8, 4) is 11.5 Å². The Hall–Kier alpha value is -3.13. The summed E-state index contributed by atoms with van der Waals surface area (Å²) < 4.78 is 30.6. The van der Waals surface area contributed by atoms with E-state index >= 15 is 0 Å². The second kappa shape index (κ2) is 11.5. The number of hydrogen-bond donors (Lipinski definition) is 0. The molecule has 2 aromatic carbocycles. The van der Waals surface area contributed by atoms with Crippen molar-refractivity contribution in [3.63, 3.8) is 0 Å². The van der Waals surface area contributed by atoms with Crippen LogP contribution in [0, 0.1) is 5.82 Å². The molecule has 0 bridgehead atoms. The largest absolute Gasteiger partial charge is 0.497 e. The van der Waals surface area contributed by atoms with Gasteiger partial charge < -0.3 is 24.0 Å². The summed E-state index contributed by atoms with van der Waals surface area (Å²) in [6.07, 6.45) is 3.50. The van der Waals surface area contributed by atoms with Gasteiger partial charge in [-0.15, -0.1) is 0 Å². The van der Waals surface area contributed by atoms with Crippen LogP contribution >= 0.6 is 0 Å². The van der Waals surface area contributed by atoms with E-state index in [1.165, 1.54) is 12.1 Å². The summed E-state index contributed by atoms with van der Waals surface area (Å²) in [5.41, 5.74) is -0.0867. The van der Waals surface area contributed by atoms with Gasteiger partial charge in [-0.2, -0.15) is 0 Å². The molecule has 4 rings (SSSR count). The fraction of sp³-hybridized carbons (Fsp3) is 0.481. The first-order valence-electron chi connectivity index (χ1n) is 12.2. The SMILES string of the molecule is COc1ccc(CC(=O)N2CCOC(COc3ccc(F)cc3)(CC(=O)N3CCCCC3)C2)cc1. The number of carbonyl (C=O) groups is 2. The number of methoxy groups -OCH3 is 1. The molecule has 2 aliphatic heterocycles. The average Bonchev–Trinajstić information content (AvgIpc) is 2.89. The molecule has 1 atom stereocenters. The molecule has 2 aliphatic rings. The number of piperidine rings is 1. The molecule has 0 aliphatic carbocycles. The molecule has 2 saturated heterocycles. The van der Waals surface area contributed by atoms with Crippen molar-refractivity contribution in [3.05, 3.63) is 59.9 Å². The monoisotopic (exact) mass is 484 g/mol. The Balaban J connectivity index is 1.47. The van der Waals surface area contributed by atoms with E-state index in [1.807, 2.05) is 29.2 Å². The summed E-state index contributed by atoms with van der Waals surface area (Å²) >= 11 is 0. The molecule has 2 aromatic rings. The van der Waals surface area contributed by atoms with E-state index in [9.17, 15) is 14.0 Å². The lowest BCUT2D eigenvalue weighted by Gasteiger charge is -2.43. The number of benzene rings is 2. The molecule has 188 valence electrons. The molecule has 2 fully saturated rings. The average molecular weight is 485 g/mol. The second-order valence-electron chi connectivity index (χ2n) is 9.23. The van der Waals surface area contributed by atoms with Crippen LogP contribution in [0.3, 0.4) is 0 Å². The zero-order chi connectivity index (χ0) is 24.7. The van der Waals surface area contributed by atoms with Crippen LogP contribution in [0.5, 0.6) is 11.5 Å². The molecule has 2 amide bonds. The normalized spacial score (nSPS) is 20.4. The predicted octanol–water partition coefficient (Wildman–Crippen LogP) is 3.46. The molecular formula is C27H33FN2O5. The van der Waals surface area contributed by atoms with Gasteiger partial charge in [0, 0.05) is 19.6 Å². The number of hydrogen-bond acceptors (Lipinski definition) is 5. The maximum atomic E-state index is 13.3. The number of rotatable bonds is 8. The van der Waals surface area contributed by atoms with E-state index in [1.54, 1.807) is 24.1 Å². The Morgan fingerprint density at radius 2 is 1.60 bits per heavy atom. The van der Waals surface area contributed by atoms with E-state index < -0.39 is 5.60 Å². The number of nitrogens with zero attached hydrogens (tertiary/aromatic N) is 2. The Kier molecular flexibility index (Phi) is 8.23. The maximum Gasteiger partial charge on any atom is 0.227 e. The third-order valence-corrected chi connectivity index (χ3v) is 6.61. The molecular weight excluding hydrogens is 451 g/mol. The number of halogens is 1. The van der Waals surface area contributed by atoms with Crippen LogP contribution in [0.15, 0.2) is 48.5 Å². The highest BCUT2D eigenvalue weighted by Gasteiger charge is 2.42. The van der Waals surface area contributed by atoms with Crippen molar-refractivity contribution in [2.75, 3.05) is 46.5 Å². The van der Waals surface area contributed by atoms with E-state index in [2.05, 4.69) is 0 Å². The van der Waals surface area contributed by atoms with Crippen molar-refractivity contribution < 1.29 is 28.2 Å². The number of morpholine rings is 1. The first-order chi connectivity index (χ1) is 17.0. The lowest BCUT2D eigenvalue weighted by molar-refractivity contribution is -0.166. The van der Waals surface area contributed by atoms with Crippen LogP contribution in [0.2, 0.25) is 0 Å². The van der Waals surface area contributed by atoms with E-state index in [0.717, 1.165) is 43.7 Å². The fourth-order valence-electron chi connectivity index (χ4n) is 4.61. The van der Waals surface area contributed by atoms with Gasteiger partial charge in [0.1, 0.15) is 29.5 Å². The van der Waals surface area contributed by atoms with Crippen LogP contribution in [-0.2, 0) is 20.7 Å². The van der Waals surface area contributed by atoms with Gasteiger partial charge in [-0.05, 0) is 61.2 Å². The first-order valence-corrected chi connectivity index (χ1v) is 12.2. The van der Waals surface area contributed by atoms with Gasteiger partial charge in [-0.3, -0.25) is 9.59 Å². The highest BCUT2D eigenvalue weighted by atomic mass is 19.1. The number of likely N-dealkylation sites (tertiary alicyclic amines) is 1. The molecule has 0 saturated carbocycles. The van der Waals surface area contributed by atoms with Gasteiger partial charge in [0.05, 0.1) is 33.1 Å². The highest BCUT2D eigenvalue weighted by Crippen LogP contribution is 2.27. The lowest BCUT2D eigenvalue weighted by atomic mass is 9.95. The Morgan fingerprint density at radius 3 is 2.29 bits per heavy atom. The standard InChI is InChI=1S/C27H33FN2O5/c1-33-23-9-5-21(6-10-23)17-25(31)30-15-16-35-27(19-30,18-26(32)29-13-3-2-4-14-29)20-34-24-11-7-22(28)8-12-24/h5-12H,2-4,13-20H2,1H3. The maximum absolute atomic E-state index is 13.3. The van der Waals surface area contributed by atoms with E-state index in [-0.39, 0.29) is 43.6 Å². The highest BCUT2D eigenvalue weighted by molar-refractivity contribution is 5.80. The molecule has 2 heterocycles. The van der Waals surface area contributed by atoms with Gasteiger partial charge in [-0.25, -0.2) is 4.39 Å². The zero-order valence-corrected chi connectivity index (χ0v) is 20.2. The van der Waals surface area contributed by atoms with Crippen LogP contribution in [-0.4, -0.2) is 73.7 Å². The molecule has 35 heavy (non-hydrogen) atoms. The van der Waals surface area contributed by atoms with Crippen LogP contribution in [0.25, 0.3) is 0 Å². The first kappa shape index (κ1) is 25.0. The Bertz CT molecular complexity index is 992. The fourth-order valence-corrected chi connectivity index (χ4v) is 4.61. The third kappa shape index (κ3) is 6.72. The van der Waals surface area contributed by atoms with Crippen LogP contribution in [0.4, 0.5) is 4.39 Å². The Labute approximate surface area is 205 Å². The third-order valence-electron chi connectivity index (χ3n) is 6.61. The lowest BCUT2D eigenvalue weighted by Crippen LogP contribution is -2.58. The van der Waals surface area contributed by atoms with Crippen molar-refractivity contribution >= 4 is 11.8 Å². The molecule has 0 radical (unpaired) electrons. The molecule has 0 aromatic heterocycles. The quantitative estimate of drug-likeness (QED) is 0.574. The van der Waals surface area contributed by atoms with Gasteiger partial charge in [0.25, 0.3) is 0 Å². The van der Waals surface area contributed by atoms with Gasteiger partial charge in [0.2, 0.25) is 11.8 Å². The Morgan fingerprint density at radius 1 is 0.914 bits per heavy atom. The van der Waals surface area contributed by atoms with E-state index in [0.29, 0.717) is 18.9 Å². The molecule has 0 N–H and O–H groups in total. The summed E-state index contributed by atoms with van der Waals surface area (Å²) in [4.78, 5) is 30.0. The minimum absolute atomic E-state index is 0.0110. The number of carbonyl (C=O) groups excluding carboxylic acids is 2. The van der Waals surface area contributed by atoms with Crippen molar-refractivity contribution in [1.82, 2.24) is 9.80 Å². The van der Waals surface area contributed by atoms with E-state index in [4.69, 9.17) is 14.2 Å². The number of ether oxygens (including phenoxy) is 3. The van der Waals surface area contributed by atoms with Crippen molar-refractivity contribution in [2.45, 2.75) is 37.7 Å². The molecule has 8 heteroatoms. The van der Waals surface area contributed by atoms with Crippen molar-refractivity contribution in [1.29, 1.82) is 0 Å². The minimum Gasteiger partial charge on any atom is -0.497 e. The molecule has 0 spiro atoms. The summed E-state index contributed by atoms with van der Waals surface area (Å²) in [5.74, 6) is 0.852. The van der Waals surface area contributed by atoms with Gasteiger partial charge in [-0.1, -0.05) is 12.1 Å². The summed E-state index contributed by atoms with van der Waals surface area (Å²) in [7, 11) is 1.60. The topological polar surface area (TPSA) is 68.3 Å².